The van der Waals surface area contributed by atoms with Crippen molar-refractivity contribution in [3.05, 3.63) is 70.8 Å². The lowest BCUT2D eigenvalue weighted by atomic mass is 9.84. The number of carbonyl (C=O) groups is 1. The minimum atomic E-state index is -0.0746. The Hall–Kier alpha value is -2.96. The first-order valence-corrected chi connectivity index (χ1v) is 11.4. The molecule has 2 aromatic carbocycles. The number of likely N-dealkylation sites (tertiary alicyclic amines) is 1. The summed E-state index contributed by atoms with van der Waals surface area (Å²) in [4.78, 5) is 20.4. The van der Waals surface area contributed by atoms with Crippen molar-refractivity contribution in [1.82, 2.24) is 9.88 Å². The van der Waals surface area contributed by atoms with Crippen LogP contribution in [0.3, 0.4) is 0 Å². The van der Waals surface area contributed by atoms with Gasteiger partial charge >= 0.3 is 0 Å². The maximum atomic E-state index is 13.8. The summed E-state index contributed by atoms with van der Waals surface area (Å²) >= 11 is 0. The van der Waals surface area contributed by atoms with Gasteiger partial charge in [0.25, 0.3) is 5.91 Å². The number of aromatic nitrogens is 1. The molecule has 6 nitrogen and oxygen atoms in total. The van der Waals surface area contributed by atoms with Gasteiger partial charge in [0.15, 0.2) is 0 Å². The van der Waals surface area contributed by atoms with Crippen molar-refractivity contribution in [2.24, 2.45) is 5.92 Å². The van der Waals surface area contributed by atoms with E-state index in [9.17, 15) is 4.79 Å². The number of rotatable bonds is 2. The Morgan fingerprint density at radius 2 is 2.03 bits per heavy atom. The second-order valence-electron chi connectivity index (χ2n) is 9.14. The topological polar surface area (TPSA) is 77.7 Å². The van der Waals surface area contributed by atoms with Crippen LogP contribution >= 0.6 is 0 Å². The predicted octanol–water partition coefficient (Wildman–Crippen LogP) is 4.05. The Balaban J connectivity index is 1.37. The molecule has 6 rings (SSSR count). The van der Waals surface area contributed by atoms with E-state index in [1.165, 1.54) is 5.56 Å². The van der Waals surface area contributed by atoms with E-state index >= 15 is 0 Å². The zero-order chi connectivity index (χ0) is 21.8. The highest BCUT2D eigenvalue weighted by molar-refractivity contribution is 5.99. The van der Waals surface area contributed by atoms with Crippen LogP contribution in [-0.2, 0) is 16.1 Å². The van der Waals surface area contributed by atoms with Crippen molar-refractivity contribution >= 4 is 22.6 Å². The van der Waals surface area contributed by atoms with Crippen LogP contribution in [0.15, 0.2) is 48.5 Å². The number of carbonyl (C=O) groups excluding carboxylic acids is 1. The van der Waals surface area contributed by atoms with Gasteiger partial charge in [-0.05, 0) is 42.7 Å². The van der Waals surface area contributed by atoms with Crippen LogP contribution in [-0.4, -0.2) is 41.6 Å². The van der Waals surface area contributed by atoms with E-state index in [2.05, 4.69) is 34.1 Å². The summed E-state index contributed by atoms with van der Waals surface area (Å²) < 4.78 is 11.6. The average molecular weight is 430 g/mol. The highest BCUT2D eigenvalue weighted by Crippen LogP contribution is 2.42. The predicted molar refractivity (Wildman–Crippen MR) is 122 cm³/mol. The molecule has 2 saturated heterocycles. The summed E-state index contributed by atoms with van der Waals surface area (Å²) in [6, 6.07) is 16.5. The summed E-state index contributed by atoms with van der Waals surface area (Å²) in [5.74, 6) is 1.23. The van der Waals surface area contributed by atoms with E-state index in [1.54, 1.807) is 0 Å². The molecule has 0 spiro atoms. The number of nitrogens with two attached hydrogens (primary N) is 1. The Kier molecular flexibility index (Phi) is 4.66. The number of benzene rings is 2. The van der Waals surface area contributed by atoms with Crippen LogP contribution in [0.1, 0.15) is 52.4 Å². The van der Waals surface area contributed by atoms with Crippen molar-refractivity contribution in [1.29, 1.82) is 0 Å². The van der Waals surface area contributed by atoms with E-state index < -0.39 is 0 Å². The van der Waals surface area contributed by atoms with E-state index in [0.29, 0.717) is 43.0 Å². The van der Waals surface area contributed by atoms with Crippen molar-refractivity contribution in [3.63, 3.8) is 0 Å². The zero-order valence-electron chi connectivity index (χ0n) is 18.2. The lowest BCUT2D eigenvalue weighted by molar-refractivity contribution is 0.0189. The first-order valence-electron chi connectivity index (χ1n) is 11.4. The quantitative estimate of drug-likeness (QED) is 0.665. The molecule has 164 valence electrons. The van der Waals surface area contributed by atoms with Crippen LogP contribution in [0, 0.1) is 5.92 Å². The fraction of sp³-hybridized carbons (Fsp3) is 0.385. The standard InChI is InChI=1S/C26H27N3O3/c1-15-24-21(14-32-15)18-11-17(7-8-22(18)28-25(24)27)26(30)29-12-19(16-5-3-2-4-6-16)20-13-31-10-9-23(20)29/h2-8,11,15,19-20,23H,9-10,12-14H2,1H3,(H2,27,28)/t15-,19+,20+,23-/m1/s1. The van der Waals surface area contributed by atoms with Crippen LogP contribution < -0.4 is 5.73 Å². The number of nitrogens with zero attached hydrogens (tertiary/aromatic N) is 2. The van der Waals surface area contributed by atoms with Gasteiger partial charge < -0.3 is 20.1 Å². The minimum Gasteiger partial charge on any atom is -0.383 e. The Bertz CT molecular complexity index is 1200. The molecular weight excluding hydrogens is 402 g/mol. The molecule has 1 amide bonds. The molecule has 1 aromatic heterocycles. The molecule has 3 aromatic rings. The average Bonchev–Trinajstić information content (AvgIpc) is 3.41. The molecule has 4 atom stereocenters. The minimum absolute atomic E-state index is 0.0746. The third-order valence-corrected chi connectivity index (χ3v) is 7.46. The van der Waals surface area contributed by atoms with Gasteiger partial charge in [0.05, 0.1) is 24.8 Å². The Morgan fingerprint density at radius 1 is 1.19 bits per heavy atom. The fourth-order valence-electron chi connectivity index (χ4n) is 5.85. The molecule has 3 aliphatic rings. The second kappa shape index (κ2) is 7.57. The van der Waals surface area contributed by atoms with Gasteiger partial charge in [-0.25, -0.2) is 4.98 Å². The third kappa shape index (κ3) is 3.01. The molecule has 0 aliphatic carbocycles. The van der Waals surface area contributed by atoms with Gasteiger partial charge in [-0.2, -0.15) is 0 Å². The number of fused-ring (bicyclic) bond motifs is 4. The first kappa shape index (κ1) is 19.7. The third-order valence-electron chi connectivity index (χ3n) is 7.46. The highest BCUT2D eigenvalue weighted by atomic mass is 16.5. The molecule has 2 N–H and O–H groups in total. The summed E-state index contributed by atoms with van der Waals surface area (Å²) in [7, 11) is 0. The van der Waals surface area contributed by atoms with Crippen molar-refractivity contribution in [3.8, 4) is 0 Å². The molecular formula is C26H27N3O3. The molecule has 4 heterocycles. The first-order chi connectivity index (χ1) is 15.6. The molecule has 0 bridgehead atoms. The van der Waals surface area contributed by atoms with Gasteiger partial charge in [-0.1, -0.05) is 30.3 Å². The van der Waals surface area contributed by atoms with Crippen LogP contribution in [0.4, 0.5) is 5.82 Å². The smallest absolute Gasteiger partial charge is 0.254 e. The number of anilines is 1. The normalized spacial score (nSPS) is 26.8. The van der Waals surface area contributed by atoms with E-state index in [1.807, 2.05) is 31.2 Å². The Labute approximate surface area is 187 Å². The molecule has 2 fully saturated rings. The molecule has 6 heteroatoms. The number of amides is 1. The van der Waals surface area contributed by atoms with Gasteiger partial charge in [0.1, 0.15) is 5.82 Å². The van der Waals surface area contributed by atoms with Gasteiger partial charge in [0, 0.05) is 47.5 Å². The number of ether oxygens (including phenoxy) is 2. The second-order valence-corrected chi connectivity index (χ2v) is 9.14. The van der Waals surface area contributed by atoms with Crippen molar-refractivity contribution < 1.29 is 14.3 Å². The lowest BCUT2D eigenvalue weighted by Gasteiger charge is -2.32. The van der Waals surface area contributed by atoms with Gasteiger partial charge in [-0.15, -0.1) is 0 Å². The zero-order valence-corrected chi connectivity index (χ0v) is 18.2. The molecule has 0 saturated carbocycles. The Morgan fingerprint density at radius 3 is 2.88 bits per heavy atom. The molecule has 3 aliphatic heterocycles. The highest BCUT2D eigenvalue weighted by Gasteiger charge is 2.46. The SMILES string of the molecule is C[C@H]1OCc2c1c(N)nc1ccc(C(=O)N3C[C@@H](c4ccccc4)[C@@H]4COCC[C@H]43)cc21. The summed E-state index contributed by atoms with van der Waals surface area (Å²) in [6.45, 7) is 4.62. The molecule has 0 unspecified atom stereocenters. The molecule has 0 radical (unpaired) electrons. The van der Waals surface area contributed by atoms with E-state index in [-0.39, 0.29) is 18.1 Å². The van der Waals surface area contributed by atoms with Crippen molar-refractivity contribution in [2.75, 3.05) is 25.5 Å². The summed E-state index contributed by atoms with van der Waals surface area (Å²) in [5, 5.41) is 0.965. The molecule has 32 heavy (non-hydrogen) atoms. The van der Waals surface area contributed by atoms with Crippen LogP contribution in [0.25, 0.3) is 10.9 Å². The number of nitrogen functional groups attached to an aromatic ring is 1. The lowest BCUT2D eigenvalue weighted by Crippen LogP contribution is -2.42. The van der Waals surface area contributed by atoms with Crippen molar-refractivity contribution in [2.45, 2.75) is 38.0 Å². The van der Waals surface area contributed by atoms with E-state index in [4.69, 9.17) is 15.2 Å². The monoisotopic (exact) mass is 429 g/mol. The van der Waals surface area contributed by atoms with Crippen LogP contribution in [0.2, 0.25) is 0 Å². The number of hydrogen-bond acceptors (Lipinski definition) is 5. The largest absolute Gasteiger partial charge is 0.383 e. The summed E-state index contributed by atoms with van der Waals surface area (Å²) in [5.41, 5.74) is 11.0. The fourth-order valence-corrected chi connectivity index (χ4v) is 5.85. The number of hydrogen-bond donors (Lipinski definition) is 1. The van der Waals surface area contributed by atoms with E-state index in [0.717, 1.165) is 35.0 Å². The van der Waals surface area contributed by atoms with Gasteiger partial charge in [0.2, 0.25) is 0 Å². The summed E-state index contributed by atoms with van der Waals surface area (Å²) in [6.07, 6.45) is 0.807. The maximum Gasteiger partial charge on any atom is 0.254 e. The van der Waals surface area contributed by atoms with Crippen LogP contribution in [0.5, 0.6) is 0 Å². The maximum absolute atomic E-state index is 13.8. The number of pyridine rings is 1. The van der Waals surface area contributed by atoms with Gasteiger partial charge in [-0.3, -0.25) is 4.79 Å².